The molecule has 2 N–H and O–H groups in total. The van der Waals surface area contributed by atoms with Gasteiger partial charge in [0.05, 0.1) is 25.4 Å². The van der Waals surface area contributed by atoms with Gasteiger partial charge in [0.25, 0.3) is 0 Å². The average Bonchev–Trinajstić information content (AvgIpc) is 2.36. The highest BCUT2D eigenvalue weighted by molar-refractivity contribution is 5.35. The van der Waals surface area contributed by atoms with E-state index in [0.29, 0.717) is 19.1 Å². The summed E-state index contributed by atoms with van der Waals surface area (Å²) in [6, 6.07) is 8.18. The van der Waals surface area contributed by atoms with Gasteiger partial charge in [-0.1, -0.05) is 38.1 Å². The predicted molar refractivity (Wildman–Crippen MR) is 67.7 cm³/mol. The van der Waals surface area contributed by atoms with Crippen LogP contribution in [-0.4, -0.2) is 24.9 Å². The van der Waals surface area contributed by atoms with Gasteiger partial charge in [0.1, 0.15) is 0 Å². The van der Waals surface area contributed by atoms with Gasteiger partial charge in [-0.2, -0.15) is 0 Å². The molecule has 0 fully saturated rings. The molecule has 1 aromatic rings. The van der Waals surface area contributed by atoms with Crippen LogP contribution in [0.4, 0.5) is 0 Å². The molecule has 0 aromatic heterocycles. The zero-order chi connectivity index (χ0) is 12.3. The Hall–Kier alpha value is -0.900. The zero-order valence-electron chi connectivity index (χ0n) is 10.6. The number of hydrogen-bond acceptors (Lipinski definition) is 3. The molecule has 0 radical (unpaired) electrons. The van der Waals surface area contributed by atoms with Gasteiger partial charge in [0.15, 0.2) is 0 Å². The summed E-state index contributed by atoms with van der Waals surface area (Å²) >= 11 is 0. The second kappa shape index (κ2) is 5.17. The van der Waals surface area contributed by atoms with Crippen LogP contribution in [0, 0.1) is 5.92 Å². The summed E-state index contributed by atoms with van der Waals surface area (Å²) in [7, 11) is 0. The van der Waals surface area contributed by atoms with E-state index in [1.807, 2.05) is 12.1 Å². The first-order chi connectivity index (χ1) is 8.18. The number of hydrogen-bond donors (Lipinski definition) is 2. The SMILES string of the molecule is CC(C)CNC1(CO)COCc2ccccc21. The summed E-state index contributed by atoms with van der Waals surface area (Å²) in [5, 5.41) is 13.2. The van der Waals surface area contributed by atoms with Crippen molar-refractivity contribution in [2.75, 3.05) is 19.8 Å². The van der Waals surface area contributed by atoms with Gasteiger partial charge in [0, 0.05) is 0 Å². The number of aliphatic hydroxyl groups excluding tert-OH is 1. The van der Waals surface area contributed by atoms with Gasteiger partial charge in [0.2, 0.25) is 0 Å². The molecule has 94 valence electrons. The molecule has 1 unspecified atom stereocenters. The molecule has 3 nitrogen and oxygen atoms in total. The Morgan fingerprint density at radius 2 is 2.18 bits per heavy atom. The van der Waals surface area contributed by atoms with Crippen LogP contribution in [0.3, 0.4) is 0 Å². The van der Waals surface area contributed by atoms with E-state index in [-0.39, 0.29) is 6.61 Å². The lowest BCUT2D eigenvalue weighted by Crippen LogP contribution is -2.52. The molecule has 3 heteroatoms. The maximum absolute atomic E-state index is 9.76. The molecule has 1 heterocycles. The fourth-order valence-corrected chi connectivity index (χ4v) is 2.26. The van der Waals surface area contributed by atoms with Gasteiger partial charge in [-0.05, 0) is 23.6 Å². The van der Waals surface area contributed by atoms with E-state index >= 15 is 0 Å². The zero-order valence-corrected chi connectivity index (χ0v) is 10.6. The maximum atomic E-state index is 9.76. The lowest BCUT2D eigenvalue weighted by Gasteiger charge is -2.39. The van der Waals surface area contributed by atoms with Gasteiger partial charge < -0.3 is 15.2 Å². The topological polar surface area (TPSA) is 41.5 Å². The number of benzene rings is 1. The van der Waals surface area contributed by atoms with Crippen molar-refractivity contribution in [3.63, 3.8) is 0 Å². The molecule has 1 aliphatic heterocycles. The summed E-state index contributed by atoms with van der Waals surface area (Å²) in [5.41, 5.74) is 1.91. The molecule has 17 heavy (non-hydrogen) atoms. The van der Waals surface area contributed by atoms with Crippen molar-refractivity contribution in [1.82, 2.24) is 5.32 Å². The molecule has 1 atom stereocenters. The van der Waals surface area contributed by atoms with Crippen LogP contribution < -0.4 is 5.32 Å². The molecule has 0 spiro atoms. The van der Waals surface area contributed by atoms with E-state index in [9.17, 15) is 5.11 Å². The minimum atomic E-state index is -0.431. The van der Waals surface area contributed by atoms with E-state index in [1.54, 1.807) is 0 Å². The lowest BCUT2D eigenvalue weighted by atomic mass is 9.85. The first-order valence-electron chi connectivity index (χ1n) is 6.20. The highest BCUT2D eigenvalue weighted by atomic mass is 16.5. The minimum absolute atomic E-state index is 0.0662. The van der Waals surface area contributed by atoms with Crippen molar-refractivity contribution in [2.24, 2.45) is 5.92 Å². The quantitative estimate of drug-likeness (QED) is 0.834. The largest absolute Gasteiger partial charge is 0.394 e. The molecule has 1 aromatic carbocycles. The standard InChI is InChI=1S/C14H21NO2/c1-11(2)7-15-14(9-16)10-17-8-12-5-3-4-6-13(12)14/h3-6,11,15-16H,7-10H2,1-2H3. The molecule has 0 aliphatic carbocycles. The highest BCUT2D eigenvalue weighted by Gasteiger charge is 2.36. The molecule has 0 saturated heterocycles. The number of aliphatic hydroxyl groups is 1. The van der Waals surface area contributed by atoms with Crippen LogP contribution in [0.5, 0.6) is 0 Å². The molecule has 0 saturated carbocycles. The summed E-state index contributed by atoms with van der Waals surface area (Å²) in [5.74, 6) is 0.549. The average molecular weight is 235 g/mol. The highest BCUT2D eigenvalue weighted by Crippen LogP contribution is 2.30. The first-order valence-corrected chi connectivity index (χ1v) is 6.20. The fraction of sp³-hybridized carbons (Fsp3) is 0.571. The second-order valence-electron chi connectivity index (χ2n) is 5.16. The van der Waals surface area contributed by atoms with Crippen molar-refractivity contribution in [3.05, 3.63) is 35.4 Å². The number of ether oxygens (including phenoxy) is 1. The Bertz CT molecular complexity index is 378. The van der Waals surface area contributed by atoms with Gasteiger partial charge in [-0.15, -0.1) is 0 Å². The van der Waals surface area contributed by atoms with Gasteiger partial charge in [-0.25, -0.2) is 0 Å². The maximum Gasteiger partial charge on any atom is 0.0909 e. The van der Waals surface area contributed by atoms with E-state index in [1.165, 1.54) is 11.1 Å². The van der Waals surface area contributed by atoms with Crippen LogP contribution in [0.15, 0.2) is 24.3 Å². The third kappa shape index (κ3) is 2.51. The van der Waals surface area contributed by atoms with Crippen LogP contribution in [-0.2, 0) is 16.9 Å². The van der Waals surface area contributed by atoms with E-state index in [0.717, 1.165) is 6.54 Å². The molecule has 2 rings (SSSR count). The fourth-order valence-electron chi connectivity index (χ4n) is 2.26. The predicted octanol–water partition coefficient (Wildman–Crippen LogP) is 1.65. The number of fused-ring (bicyclic) bond motifs is 1. The van der Waals surface area contributed by atoms with Crippen LogP contribution in [0.25, 0.3) is 0 Å². The van der Waals surface area contributed by atoms with E-state index in [2.05, 4.69) is 31.3 Å². The normalized spacial score (nSPS) is 23.8. The smallest absolute Gasteiger partial charge is 0.0909 e. The van der Waals surface area contributed by atoms with Crippen molar-refractivity contribution in [3.8, 4) is 0 Å². The van der Waals surface area contributed by atoms with Crippen molar-refractivity contribution >= 4 is 0 Å². The Balaban J connectivity index is 2.28. The monoisotopic (exact) mass is 235 g/mol. The summed E-state index contributed by atoms with van der Waals surface area (Å²) in [6.45, 7) is 6.44. The van der Waals surface area contributed by atoms with Crippen LogP contribution >= 0.6 is 0 Å². The van der Waals surface area contributed by atoms with Crippen LogP contribution in [0.1, 0.15) is 25.0 Å². The third-order valence-electron chi connectivity index (χ3n) is 3.26. The number of nitrogens with one attached hydrogen (secondary N) is 1. The molecular weight excluding hydrogens is 214 g/mol. The lowest BCUT2D eigenvalue weighted by molar-refractivity contribution is 0.00597. The van der Waals surface area contributed by atoms with Crippen LogP contribution in [0.2, 0.25) is 0 Å². The third-order valence-corrected chi connectivity index (χ3v) is 3.26. The van der Waals surface area contributed by atoms with Crippen molar-refractivity contribution in [2.45, 2.75) is 26.0 Å². The molecule has 0 amide bonds. The van der Waals surface area contributed by atoms with E-state index < -0.39 is 5.54 Å². The summed E-state index contributed by atoms with van der Waals surface area (Å²) in [6.07, 6.45) is 0. The van der Waals surface area contributed by atoms with E-state index in [4.69, 9.17) is 4.74 Å². The molecule has 0 bridgehead atoms. The number of rotatable bonds is 4. The van der Waals surface area contributed by atoms with Crippen molar-refractivity contribution < 1.29 is 9.84 Å². The first kappa shape index (κ1) is 12.6. The minimum Gasteiger partial charge on any atom is -0.394 e. The molecular formula is C14H21NO2. The van der Waals surface area contributed by atoms with Crippen molar-refractivity contribution in [1.29, 1.82) is 0 Å². The summed E-state index contributed by atoms with van der Waals surface area (Å²) < 4.78 is 5.61. The van der Waals surface area contributed by atoms with Gasteiger partial charge in [-0.3, -0.25) is 0 Å². The Morgan fingerprint density at radius 1 is 1.41 bits per heavy atom. The Kier molecular flexibility index (Phi) is 3.82. The Morgan fingerprint density at radius 3 is 2.88 bits per heavy atom. The summed E-state index contributed by atoms with van der Waals surface area (Å²) in [4.78, 5) is 0. The second-order valence-corrected chi connectivity index (χ2v) is 5.16. The Labute approximate surface area is 103 Å². The van der Waals surface area contributed by atoms with Gasteiger partial charge >= 0.3 is 0 Å². The molecule has 1 aliphatic rings.